The molecule has 0 unspecified atom stereocenters. The number of hydrogen-bond donors (Lipinski definition) is 0. The second kappa shape index (κ2) is 11.1. The van der Waals surface area contributed by atoms with Gasteiger partial charge in [-0.3, -0.25) is 23.8 Å². The highest BCUT2D eigenvalue weighted by Gasteiger charge is 2.21. The Bertz CT molecular complexity index is 1870. The Balaban J connectivity index is 1.41. The van der Waals surface area contributed by atoms with Crippen LogP contribution in [0.4, 0.5) is 8.78 Å². The molecule has 0 radical (unpaired) electrons. The number of nitrogens with zero attached hydrogens (tertiary/aromatic N) is 5. The van der Waals surface area contributed by atoms with Crippen LogP contribution in [0.1, 0.15) is 35.8 Å². The van der Waals surface area contributed by atoms with Gasteiger partial charge in [-0.05, 0) is 55.8 Å². The zero-order valence-corrected chi connectivity index (χ0v) is 22.4. The Kier molecular flexibility index (Phi) is 7.43. The summed E-state index contributed by atoms with van der Waals surface area (Å²) in [4.78, 5) is 43.9. The summed E-state index contributed by atoms with van der Waals surface area (Å²) in [5, 5.41) is 4.13. The lowest BCUT2D eigenvalue weighted by atomic mass is 10.0. The number of hydrogen-bond acceptors (Lipinski definition) is 6. The van der Waals surface area contributed by atoms with Crippen LogP contribution in [0.3, 0.4) is 0 Å². The molecule has 0 saturated carbocycles. The first-order chi connectivity index (χ1) is 19.6. The molecule has 0 fully saturated rings. The Morgan fingerprint density at radius 1 is 0.976 bits per heavy atom. The van der Waals surface area contributed by atoms with Crippen LogP contribution in [0.15, 0.2) is 89.0 Å². The maximum Gasteiger partial charge on any atom is 0.335 e. The predicted molar refractivity (Wildman–Crippen MR) is 148 cm³/mol. The molecule has 11 heteroatoms. The predicted octanol–water partition coefficient (Wildman–Crippen LogP) is 4.87. The lowest BCUT2D eigenvalue weighted by molar-refractivity contribution is 0.0988. The number of carbonyl (C=O) groups excluding carboxylic acids is 1. The fourth-order valence-corrected chi connectivity index (χ4v) is 4.28. The number of pyridine rings is 1. The molecule has 5 aromatic rings. The number of rotatable bonds is 8. The van der Waals surface area contributed by atoms with E-state index >= 15 is 4.39 Å². The van der Waals surface area contributed by atoms with Crippen LogP contribution in [0.25, 0.3) is 16.9 Å². The van der Waals surface area contributed by atoms with E-state index in [-0.39, 0.29) is 28.6 Å². The van der Waals surface area contributed by atoms with Gasteiger partial charge in [-0.2, -0.15) is 5.10 Å². The van der Waals surface area contributed by atoms with Gasteiger partial charge in [0, 0.05) is 55.8 Å². The summed E-state index contributed by atoms with van der Waals surface area (Å²) in [7, 11) is 1.79. The Labute approximate surface area is 232 Å². The van der Waals surface area contributed by atoms with Gasteiger partial charge in [0.25, 0.3) is 5.56 Å². The number of carbonyl (C=O) groups is 1. The van der Waals surface area contributed by atoms with E-state index in [4.69, 9.17) is 4.74 Å². The minimum absolute atomic E-state index is 0.0446. The van der Waals surface area contributed by atoms with Gasteiger partial charge < -0.3 is 4.74 Å². The number of benzene rings is 2. The second-order valence-electron chi connectivity index (χ2n) is 9.68. The number of Topliss-reactive ketones (excluding diaryl/α,β-unsaturated/α-hetero) is 1. The number of ether oxygens (including phenoxy) is 1. The van der Waals surface area contributed by atoms with Gasteiger partial charge in [0.1, 0.15) is 28.7 Å². The SMILES string of the molecule is CC(C)n1cc(C(=O)Cc2ccc(Oc3ccnc(-c4cnn(C)c4)c3)cc2F)c(=O)n(-c2ccc(F)cc2)c1=O. The molecule has 2 aromatic carbocycles. The van der Waals surface area contributed by atoms with Crippen molar-refractivity contribution in [3.63, 3.8) is 0 Å². The Hall–Kier alpha value is -5.19. The van der Waals surface area contributed by atoms with Gasteiger partial charge in [-0.1, -0.05) is 6.07 Å². The van der Waals surface area contributed by atoms with Gasteiger partial charge >= 0.3 is 5.69 Å². The van der Waals surface area contributed by atoms with Crippen molar-refractivity contribution in [2.45, 2.75) is 26.3 Å². The molecular weight excluding hydrogens is 532 g/mol. The van der Waals surface area contributed by atoms with Crippen LogP contribution in [0.2, 0.25) is 0 Å². The Morgan fingerprint density at radius 2 is 1.71 bits per heavy atom. The van der Waals surface area contributed by atoms with Crippen LogP contribution >= 0.6 is 0 Å². The molecule has 3 heterocycles. The maximum atomic E-state index is 15.1. The van der Waals surface area contributed by atoms with Crippen molar-refractivity contribution >= 4 is 5.78 Å². The lowest BCUT2D eigenvalue weighted by Gasteiger charge is -2.15. The van der Waals surface area contributed by atoms with Gasteiger partial charge in [-0.25, -0.2) is 18.1 Å². The largest absolute Gasteiger partial charge is 0.457 e. The normalized spacial score (nSPS) is 11.2. The third-order valence-corrected chi connectivity index (χ3v) is 6.40. The fraction of sp³-hybridized carbons (Fsp3) is 0.167. The highest BCUT2D eigenvalue weighted by Crippen LogP contribution is 2.27. The molecule has 0 N–H and O–H groups in total. The molecule has 0 bridgehead atoms. The van der Waals surface area contributed by atoms with Crippen molar-refractivity contribution in [1.29, 1.82) is 0 Å². The van der Waals surface area contributed by atoms with Gasteiger partial charge in [-0.15, -0.1) is 0 Å². The first-order valence-corrected chi connectivity index (χ1v) is 12.7. The van der Waals surface area contributed by atoms with Crippen molar-refractivity contribution < 1.29 is 18.3 Å². The molecule has 3 aromatic heterocycles. The minimum atomic E-state index is -0.869. The van der Waals surface area contributed by atoms with Gasteiger partial charge in [0.05, 0.1) is 17.6 Å². The zero-order chi connectivity index (χ0) is 29.3. The summed E-state index contributed by atoms with van der Waals surface area (Å²) in [6.45, 7) is 3.44. The van der Waals surface area contributed by atoms with Crippen LogP contribution < -0.4 is 16.0 Å². The number of ketones is 1. The molecule has 0 saturated heterocycles. The van der Waals surface area contributed by atoms with Crippen molar-refractivity contribution in [1.82, 2.24) is 23.9 Å². The molecule has 0 aliphatic rings. The first-order valence-electron chi connectivity index (χ1n) is 12.7. The van der Waals surface area contributed by atoms with E-state index in [1.165, 1.54) is 35.0 Å². The summed E-state index contributed by atoms with van der Waals surface area (Å²) >= 11 is 0. The minimum Gasteiger partial charge on any atom is -0.457 e. The number of aryl methyl sites for hydroxylation is 1. The standard InChI is InChI=1S/C30H25F2N5O4/c1-18(2)36-17-25(29(39)37(30(36)40)22-7-5-21(31)6-8-22)28(38)12-19-4-9-23(13-26(19)32)41-24-10-11-33-27(14-24)20-15-34-35(3)16-20/h4-11,13-18H,12H2,1-3H3. The summed E-state index contributed by atoms with van der Waals surface area (Å²) in [6, 6.07) is 11.8. The van der Waals surface area contributed by atoms with E-state index in [0.717, 1.165) is 28.3 Å². The summed E-state index contributed by atoms with van der Waals surface area (Å²) in [6.07, 6.45) is 5.80. The monoisotopic (exact) mass is 557 g/mol. The van der Waals surface area contributed by atoms with Gasteiger partial charge in [0.15, 0.2) is 5.78 Å². The van der Waals surface area contributed by atoms with Crippen LogP contribution in [-0.2, 0) is 13.5 Å². The van der Waals surface area contributed by atoms with Crippen molar-refractivity contribution in [3.05, 3.63) is 123 Å². The lowest BCUT2D eigenvalue weighted by Crippen LogP contribution is -2.42. The van der Waals surface area contributed by atoms with Gasteiger partial charge in [0.2, 0.25) is 0 Å². The quantitative estimate of drug-likeness (QED) is 0.252. The summed E-state index contributed by atoms with van der Waals surface area (Å²) in [5.41, 5.74) is -0.256. The third kappa shape index (κ3) is 5.74. The average Bonchev–Trinajstić information content (AvgIpc) is 3.37. The molecule has 9 nitrogen and oxygen atoms in total. The zero-order valence-electron chi connectivity index (χ0n) is 22.4. The van der Waals surface area contributed by atoms with E-state index in [1.54, 1.807) is 56.3 Å². The molecule has 0 atom stereocenters. The maximum absolute atomic E-state index is 15.1. The number of aromatic nitrogens is 5. The second-order valence-corrected chi connectivity index (χ2v) is 9.68. The summed E-state index contributed by atoms with van der Waals surface area (Å²) in [5.74, 6) is -1.29. The molecule has 0 spiro atoms. The van der Waals surface area contributed by atoms with Crippen molar-refractivity contribution in [2.75, 3.05) is 0 Å². The van der Waals surface area contributed by atoms with Crippen molar-refractivity contribution in [2.24, 2.45) is 7.05 Å². The van der Waals surface area contributed by atoms with Crippen LogP contribution in [-0.4, -0.2) is 29.7 Å². The van der Waals surface area contributed by atoms with Crippen molar-refractivity contribution in [3.8, 4) is 28.4 Å². The fourth-order valence-electron chi connectivity index (χ4n) is 4.28. The first kappa shape index (κ1) is 27.4. The third-order valence-electron chi connectivity index (χ3n) is 6.40. The molecule has 0 amide bonds. The topological polar surface area (TPSA) is 101 Å². The molecule has 0 aliphatic carbocycles. The molecule has 5 rings (SSSR count). The average molecular weight is 558 g/mol. The highest BCUT2D eigenvalue weighted by molar-refractivity contribution is 5.97. The smallest absolute Gasteiger partial charge is 0.335 e. The van der Waals surface area contributed by atoms with E-state index < -0.39 is 35.1 Å². The molecule has 208 valence electrons. The van der Waals surface area contributed by atoms with E-state index in [0.29, 0.717) is 11.4 Å². The van der Waals surface area contributed by atoms with Crippen LogP contribution in [0, 0.1) is 11.6 Å². The van der Waals surface area contributed by atoms with E-state index in [9.17, 15) is 18.8 Å². The molecular formula is C30H25F2N5O4. The number of halogens is 2. The van der Waals surface area contributed by atoms with E-state index in [1.807, 2.05) is 0 Å². The highest BCUT2D eigenvalue weighted by atomic mass is 19.1. The summed E-state index contributed by atoms with van der Waals surface area (Å²) < 4.78 is 38.1. The molecule has 41 heavy (non-hydrogen) atoms. The van der Waals surface area contributed by atoms with E-state index in [2.05, 4.69) is 10.1 Å². The Morgan fingerprint density at radius 3 is 2.37 bits per heavy atom. The molecule has 0 aliphatic heterocycles. The van der Waals surface area contributed by atoms with Crippen LogP contribution in [0.5, 0.6) is 11.5 Å².